The molecule has 61 heavy (non-hydrogen) atoms. The fourth-order valence-electron chi connectivity index (χ4n) is 8.95. The molecule has 0 aliphatic carbocycles. The summed E-state index contributed by atoms with van der Waals surface area (Å²) in [6, 6.07) is 24.2. The first-order valence-corrected chi connectivity index (χ1v) is 23.5. The number of hydrogen-bond donors (Lipinski definition) is 1. The van der Waals surface area contributed by atoms with E-state index in [9.17, 15) is 14.0 Å². The van der Waals surface area contributed by atoms with Gasteiger partial charge in [0.1, 0.15) is 5.82 Å². The van der Waals surface area contributed by atoms with Gasteiger partial charge in [-0.15, -0.1) is 0 Å². The molecule has 0 bridgehead atoms. The van der Waals surface area contributed by atoms with Gasteiger partial charge in [-0.2, -0.15) is 4.39 Å². The Labute approximate surface area is 377 Å². The third-order valence-corrected chi connectivity index (χ3v) is 14.2. The first-order chi connectivity index (χ1) is 29.7. The van der Waals surface area contributed by atoms with Gasteiger partial charge in [0, 0.05) is 119 Å². The molecule has 4 aliphatic rings. The van der Waals surface area contributed by atoms with Gasteiger partial charge in [0.2, 0.25) is 17.8 Å². The molecule has 0 radical (unpaired) electrons. The first kappa shape index (κ1) is 45.2. The number of pyridine rings is 2. The summed E-state index contributed by atoms with van der Waals surface area (Å²) in [6.07, 6.45) is 7.04. The Bertz CT molecular complexity index is 2030. The maximum absolute atomic E-state index is 13.3. The fraction of sp³-hybridized carbons (Fsp3) is 0.489. The topological polar surface area (TPSA) is 91.4 Å². The number of halogens is 3. The monoisotopic (exact) mass is 959 g/mol. The third-order valence-electron chi connectivity index (χ3n) is 12.6. The molecule has 0 spiro atoms. The maximum Gasteiger partial charge on any atom is 0.225 e. The van der Waals surface area contributed by atoms with Crippen LogP contribution in [0.3, 0.4) is 0 Å². The second-order valence-corrected chi connectivity index (χ2v) is 18.5. The zero-order valence-electron chi connectivity index (χ0n) is 35.4. The summed E-state index contributed by atoms with van der Waals surface area (Å²) in [4.78, 5) is 47.7. The van der Waals surface area contributed by atoms with Crippen LogP contribution < -0.4 is 5.32 Å². The predicted octanol–water partition coefficient (Wildman–Crippen LogP) is 6.98. The molecule has 1 N–H and O–H groups in total. The molecule has 14 heteroatoms. The Kier molecular flexibility index (Phi) is 16.7. The predicted molar refractivity (Wildman–Crippen MR) is 246 cm³/mol. The van der Waals surface area contributed by atoms with Crippen molar-refractivity contribution < 1.29 is 14.0 Å². The Morgan fingerprint density at radius 2 is 0.984 bits per heavy atom. The lowest BCUT2D eigenvalue weighted by Gasteiger charge is -2.38. The van der Waals surface area contributed by atoms with E-state index in [-0.39, 0.29) is 11.8 Å². The minimum absolute atomic E-state index is 0.116. The summed E-state index contributed by atoms with van der Waals surface area (Å²) < 4.78 is 15.6. The Balaban J connectivity index is 0.000000184. The molecule has 2 aromatic heterocycles. The first-order valence-electron chi connectivity index (χ1n) is 21.9. The van der Waals surface area contributed by atoms with Gasteiger partial charge in [-0.1, -0.05) is 68.3 Å². The van der Waals surface area contributed by atoms with E-state index in [1.165, 1.54) is 29.0 Å². The SMILES string of the molecule is CNc1cc(CN2CCC(C(=O)N3CCN(Cc4ccccc4Br)CC3)CC2)ccn1.O=C(C1CCN(Cc2ccnc(F)c2)CC1)N1CCN(Cc2ccccc2Br)CC1. The number of aromatic nitrogens is 2. The number of carbonyl (C=O) groups is 2. The highest BCUT2D eigenvalue weighted by atomic mass is 79.9. The molecular formula is C47H60Br2FN9O2. The van der Waals surface area contributed by atoms with Gasteiger partial charge in [-0.25, -0.2) is 9.97 Å². The summed E-state index contributed by atoms with van der Waals surface area (Å²) in [6.45, 7) is 14.2. The van der Waals surface area contributed by atoms with E-state index in [0.29, 0.717) is 18.4 Å². The highest BCUT2D eigenvalue weighted by molar-refractivity contribution is 9.10. The van der Waals surface area contributed by atoms with Crippen LogP contribution in [0, 0.1) is 17.8 Å². The van der Waals surface area contributed by atoms with Gasteiger partial charge in [0.05, 0.1) is 0 Å². The number of carbonyl (C=O) groups excluding carboxylic acids is 2. The maximum atomic E-state index is 13.3. The molecular weight excluding hydrogens is 901 g/mol. The normalized spacial score (nSPS) is 19.0. The molecule has 11 nitrogen and oxygen atoms in total. The van der Waals surface area contributed by atoms with E-state index in [0.717, 1.165) is 144 Å². The smallest absolute Gasteiger partial charge is 0.225 e. The van der Waals surface area contributed by atoms with E-state index < -0.39 is 5.95 Å². The largest absolute Gasteiger partial charge is 0.373 e. The van der Waals surface area contributed by atoms with Crippen LogP contribution in [-0.2, 0) is 35.8 Å². The van der Waals surface area contributed by atoms with E-state index in [1.54, 1.807) is 0 Å². The lowest BCUT2D eigenvalue weighted by atomic mass is 9.94. The number of piperazine rings is 2. The van der Waals surface area contributed by atoms with E-state index >= 15 is 0 Å². The standard InChI is InChI=1S/C24H32BrN5O.C23H28BrFN4O/c1-26-23-16-19(6-9-27-23)17-28-10-7-20(8-11-28)24(31)30-14-12-29(13-15-30)18-21-4-2-3-5-22(21)25;24-21-4-2-1-3-20(21)17-28-11-13-29(14-12-28)23(30)19-6-9-27(10-7-19)16-18-5-8-26-22(25)15-18/h2-6,9,16,20H,7-8,10-15,17-18H2,1H3,(H,26,27);1-5,8,15,19H,6-7,9-14,16-17H2. The molecule has 4 saturated heterocycles. The molecule has 4 aromatic rings. The van der Waals surface area contributed by atoms with Crippen molar-refractivity contribution >= 4 is 49.5 Å². The Morgan fingerprint density at radius 1 is 0.574 bits per heavy atom. The number of rotatable bonds is 11. The molecule has 0 saturated carbocycles. The van der Waals surface area contributed by atoms with Crippen LogP contribution in [0.2, 0.25) is 0 Å². The second kappa shape index (κ2) is 22.5. The van der Waals surface area contributed by atoms with Gasteiger partial charge in [0.25, 0.3) is 0 Å². The van der Waals surface area contributed by atoms with E-state index in [1.807, 2.05) is 31.4 Å². The zero-order valence-corrected chi connectivity index (χ0v) is 38.6. The number of anilines is 1. The quantitative estimate of drug-likeness (QED) is 0.160. The summed E-state index contributed by atoms with van der Waals surface area (Å²) >= 11 is 7.26. The highest BCUT2D eigenvalue weighted by Crippen LogP contribution is 2.26. The van der Waals surface area contributed by atoms with Crippen LogP contribution in [-0.4, -0.2) is 137 Å². The van der Waals surface area contributed by atoms with Crippen molar-refractivity contribution in [2.24, 2.45) is 11.8 Å². The number of benzene rings is 2. The number of nitrogens with one attached hydrogen (secondary N) is 1. The third kappa shape index (κ3) is 13.1. The molecule has 6 heterocycles. The van der Waals surface area contributed by atoms with Gasteiger partial charge < -0.3 is 15.1 Å². The van der Waals surface area contributed by atoms with Crippen molar-refractivity contribution in [2.75, 3.05) is 90.9 Å². The zero-order chi connectivity index (χ0) is 42.6. The van der Waals surface area contributed by atoms with Gasteiger partial charge in [-0.3, -0.25) is 29.2 Å². The van der Waals surface area contributed by atoms with Gasteiger partial charge in [0.15, 0.2) is 0 Å². The highest BCUT2D eigenvalue weighted by Gasteiger charge is 2.32. The van der Waals surface area contributed by atoms with Crippen LogP contribution in [0.5, 0.6) is 0 Å². The Morgan fingerprint density at radius 3 is 1.41 bits per heavy atom. The van der Waals surface area contributed by atoms with Crippen molar-refractivity contribution in [3.05, 3.63) is 122 Å². The second-order valence-electron chi connectivity index (χ2n) is 16.8. The number of amides is 2. The molecule has 2 amide bonds. The van der Waals surface area contributed by atoms with Crippen LogP contribution in [0.25, 0.3) is 0 Å². The Hall–Kier alpha value is -3.79. The van der Waals surface area contributed by atoms with E-state index in [2.05, 4.69) is 125 Å². The summed E-state index contributed by atoms with van der Waals surface area (Å²) in [7, 11) is 1.89. The van der Waals surface area contributed by atoms with Crippen molar-refractivity contribution in [3.8, 4) is 0 Å². The van der Waals surface area contributed by atoms with Crippen LogP contribution in [0.15, 0.2) is 94.1 Å². The van der Waals surface area contributed by atoms with Crippen LogP contribution in [0.1, 0.15) is 47.9 Å². The molecule has 2 aromatic carbocycles. The average Bonchev–Trinajstić information content (AvgIpc) is 3.29. The lowest BCUT2D eigenvalue weighted by Crippen LogP contribution is -2.51. The van der Waals surface area contributed by atoms with Crippen LogP contribution >= 0.6 is 31.9 Å². The molecule has 4 fully saturated rings. The number of likely N-dealkylation sites (tertiary alicyclic amines) is 2. The molecule has 0 unspecified atom stereocenters. The summed E-state index contributed by atoms with van der Waals surface area (Å²) in [5, 5.41) is 3.10. The molecule has 0 atom stereocenters. The van der Waals surface area contributed by atoms with Crippen molar-refractivity contribution in [1.82, 2.24) is 39.4 Å². The minimum atomic E-state index is -0.434. The number of nitrogens with zero attached hydrogens (tertiary/aromatic N) is 8. The lowest BCUT2D eigenvalue weighted by molar-refractivity contribution is -0.139. The number of piperidine rings is 2. The fourth-order valence-corrected chi connectivity index (χ4v) is 9.77. The van der Waals surface area contributed by atoms with Crippen molar-refractivity contribution in [1.29, 1.82) is 0 Å². The van der Waals surface area contributed by atoms with E-state index in [4.69, 9.17) is 0 Å². The van der Waals surface area contributed by atoms with Crippen molar-refractivity contribution in [3.63, 3.8) is 0 Å². The minimum Gasteiger partial charge on any atom is -0.373 e. The number of hydrogen-bond acceptors (Lipinski definition) is 9. The van der Waals surface area contributed by atoms with Gasteiger partial charge >= 0.3 is 0 Å². The molecule has 326 valence electrons. The molecule has 8 rings (SSSR count). The van der Waals surface area contributed by atoms with Crippen molar-refractivity contribution in [2.45, 2.75) is 51.9 Å². The molecule has 4 aliphatic heterocycles. The summed E-state index contributed by atoms with van der Waals surface area (Å²) in [5.41, 5.74) is 4.81. The van der Waals surface area contributed by atoms with Gasteiger partial charge in [-0.05, 0) is 111 Å². The van der Waals surface area contributed by atoms with Crippen LogP contribution in [0.4, 0.5) is 10.2 Å². The average molecular weight is 962 g/mol. The summed E-state index contributed by atoms with van der Waals surface area (Å²) in [5.74, 6) is 1.44.